The Balaban J connectivity index is 1.30. The lowest BCUT2D eigenvalue weighted by Gasteiger charge is -2.62. The van der Waals surface area contributed by atoms with Crippen LogP contribution in [0.2, 0.25) is 0 Å². The molecule has 11 nitrogen and oxygen atoms in total. The van der Waals surface area contributed by atoms with Crippen LogP contribution >= 0.6 is 0 Å². The zero-order chi connectivity index (χ0) is 33.7. The Kier molecular flexibility index (Phi) is 8.80. The SMILES string of the molecule is CC(NC1CC2[C@](C)(CC[C@@H](O)[C@@]2(C)CO)C(/C=C/C2=CC(=C\c3ccc(N(C)C)cc3O)/OC2=O)C12CO2)C(=O)CC1=NCC=N1. The number of ketones is 1. The first kappa shape index (κ1) is 33.3. The van der Waals surface area contributed by atoms with Gasteiger partial charge in [0, 0.05) is 55.0 Å². The molecule has 8 atom stereocenters. The van der Waals surface area contributed by atoms with Gasteiger partial charge in [0.2, 0.25) is 0 Å². The molecule has 0 bridgehead atoms. The van der Waals surface area contributed by atoms with Crippen LogP contribution in [0.1, 0.15) is 52.0 Å². The van der Waals surface area contributed by atoms with Gasteiger partial charge in [0.05, 0.1) is 43.9 Å². The number of rotatable bonds is 10. The molecule has 5 unspecified atom stereocenters. The Hall–Kier alpha value is -3.64. The molecular formula is C36H46N4O7. The standard InChI is InChI=1S/C36H46N4O7/c1-21(26(42)17-32-37-12-13-38-32)39-30-18-29-34(2,11-10-31(44)35(29,3)19-41)28(36(30)20-46-36)9-7-23-15-25(47-33(23)45)14-22-6-8-24(40(4)5)16-27(22)43/h6-9,12,14-16,21,28-31,39,41,43-44H,10-11,13,17-20H2,1-5H3/b9-7+,25-14+/t21?,28?,29?,30?,31-,34-,35+,36?/m1/s1. The smallest absolute Gasteiger partial charge is 0.343 e. The van der Waals surface area contributed by atoms with Gasteiger partial charge in [0.1, 0.15) is 22.9 Å². The second-order valence-corrected chi connectivity index (χ2v) is 14.4. The predicted octanol–water partition coefficient (Wildman–Crippen LogP) is 3.19. The van der Waals surface area contributed by atoms with E-state index in [1.165, 1.54) is 0 Å². The van der Waals surface area contributed by atoms with Crippen molar-refractivity contribution in [2.45, 2.75) is 70.2 Å². The van der Waals surface area contributed by atoms with Crippen molar-refractivity contribution in [1.29, 1.82) is 0 Å². The summed E-state index contributed by atoms with van der Waals surface area (Å²) in [5.74, 6) is 0.119. The van der Waals surface area contributed by atoms with E-state index in [-0.39, 0.29) is 47.9 Å². The van der Waals surface area contributed by atoms with Crippen molar-refractivity contribution in [2.24, 2.45) is 32.7 Å². The Morgan fingerprint density at radius 2 is 2.04 bits per heavy atom. The summed E-state index contributed by atoms with van der Waals surface area (Å²) in [6, 6.07) is 4.56. The molecule has 3 heterocycles. The molecule has 1 aromatic rings. The summed E-state index contributed by atoms with van der Waals surface area (Å²) in [6.45, 7) is 6.79. The number of Topliss-reactive ketones (excluding diaryl/α,β-unsaturated/α-hetero) is 1. The summed E-state index contributed by atoms with van der Waals surface area (Å²) in [5.41, 5.74) is -0.0137. The monoisotopic (exact) mass is 646 g/mol. The van der Waals surface area contributed by atoms with Gasteiger partial charge in [0.15, 0.2) is 5.78 Å². The third-order valence-corrected chi connectivity index (χ3v) is 11.3. The molecule has 2 aliphatic carbocycles. The van der Waals surface area contributed by atoms with Gasteiger partial charge in [-0.05, 0) is 61.8 Å². The van der Waals surface area contributed by atoms with Crippen LogP contribution in [0, 0.1) is 22.7 Å². The molecule has 0 amide bonds. The number of hydrogen-bond acceptors (Lipinski definition) is 11. The normalized spacial score (nSPS) is 36.0. The molecule has 1 spiro atoms. The number of nitrogens with one attached hydrogen (secondary N) is 1. The fraction of sp³-hybridized carbons (Fsp3) is 0.556. The number of allylic oxidation sites excluding steroid dienone is 1. The molecule has 11 heteroatoms. The number of benzene rings is 1. The van der Waals surface area contributed by atoms with Gasteiger partial charge in [-0.15, -0.1) is 0 Å². The largest absolute Gasteiger partial charge is 0.507 e. The van der Waals surface area contributed by atoms with Crippen LogP contribution in [0.3, 0.4) is 0 Å². The van der Waals surface area contributed by atoms with Crippen LogP contribution in [-0.4, -0.2) is 96.8 Å². The highest BCUT2D eigenvalue weighted by Gasteiger charge is 2.70. The van der Waals surface area contributed by atoms with Crippen molar-refractivity contribution in [3.8, 4) is 5.75 Å². The van der Waals surface area contributed by atoms with Crippen molar-refractivity contribution < 1.29 is 34.4 Å². The van der Waals surface area contributed by atoms with Gasteiger partial charge in [-0.1, -0.05) is 26.0 Å². The number of aliphatic imine (C=N–C) groups is 2. The molecule has 1 aromatic carbocycles. The van der Waals surface area contributed by atoms with Crippen LogP contribution in [0.25, 0.3) is 6.08 Å². The highest BCUT2D eigenvalue weighted by molar-refractivity contribution is 6.07. The highest BCUT2D eigenvalue weighted by Crippen LogP contribution is 2.65. The molecule has 3 fully saturated rings. The number of phenols is 1. The summed E-state index contributed by atoms with van der Waals surface area (Å²) in [5, 5.41) is 36.0. The van der Waals surface area contributed by atoms with E-state index in [0.29, 0.717) is 55.1 Å². The van der Waals surface area contributed by atoms with Crippen molar-refractivity contribution >= 4 is 35.6 Å². The third-order valence-electron chi connectivity index (χ3n) is 11.3. The van der Waals surface area contributed by atoms with E-state index in [0.717, 1.165) is 5.69 Å². The predicted molar refractivity (Wildman–Crippen MR) is 179 cm³/mol. The molecular weight excluding hydrogens is 600 g/mol. The summed E-state index contributed by atoms with van der Waals surface area (Å²) >= 11 is 0. The Morgan fingerprint density at radius 3 is 2.68 bits per heavy atom. The van der Waals surface area contributed by atoms with Crippen LogP contribution in [-0.2, 0) is 19.1 Å². The highest BCUT2D eigenvalue weighted by atomic mass is 16.6. The second kappa shape index (κ2) is 12.4. The van der Waals surface area contributed by atoms with E-state index in [1.807, 2.05) is 45.0 Å². The minimum atomic E-state index is -0.762. The fourth-order valence-corrected chi connectivity index (χ4v) is 8.35. The van der Waals surface area contributed by atoms with Crippen LogP contribution in [0.4, 0.5) is 5.69 Å². The molecule has 6 rings (SSSR count). The molecule has 0 radical (unpaired) electrons. The molecule has 252 valence electrons. The lowest BCUT2D eigenvalue weighted by molar-refractivity contribution is -0.174. The molecule has 47 heavy (non-hydrogen) atoms. The first-order chi connectivity index (χ1) is 22.3. The number of phenolic OH excluding ortho intramolecular Hbond substituents is 1. The average molecular weight is 647 g/mol. The zero-order valence-corrected chi connectivity index (χ0v) is 27.8. The number of cyclic esters (lactones) is 1. The van der Waals surface area contributed by atoms with E-state index >= 15 is 0 Å². The lowest BCUT2D eigenvalue weighted by Crippen LogP contribution is -2.67. The van der Waals surface area contributed by atoms with E-state index < -0.39 is 29.1 Å². The molecule has 5 aliphatic rings. The number of nitrogens with zero attached hydrogens (tertiary/aromatic N) is 3. The number of carbonyl (C=O) groups is 2. The van der Waals surface area contributed by atoms with E-state index in [1.54, 1.807) is 36.6 Å². The number of aliphatic hydroxyl groups is 2. The van der Waals surface area contributed by atoms with E-state index in [9.17, 15) is 24.9 Å². The van der Waals surface area contributed by atoms with Gasteiger partial charge in [0.25, 0.3) is 0 Å². The average Bonchev–Trinajstić information content (AvgIpc) is 3.48. The van der Waals surface area contributed by atoms with Crippen molar-refractivity contribution in [3.05, 3.63) is 53.3 Å². The number of amidine groups is 1. The molecule has 4 N–H and O–H groups in total. The number of fused-ring (bicyclic) bond motifs is 1. The fourth-order valence-electron chi connectivity index (χ4n) is 8.35. The first-order valence-corrected chi connectivity index (χ1v) is 16.4. The topological polar surface area (TPSA) is 157 Å². The van der Waals surface area contributed by atoms with Crippen LogP contribution < -0.4 is 10.2 Å². The van der Waals surface area contributed by atoms with Gasteiger partial charge >= 0.3 is 5.97 Å². The number of esters is 1. The summed E-state index contributed by atoms with van der Waals surface area (Å²) < 4.78 is 11.9. The Bertz CT molecular complexity index is 1590. The molecule has 0 aromatic heterocycles. The van der Waals surface area contributed by atoms with Gasteiger partial charge in [-0.3, -0.25) is 9.79 Å². The van der Waals surface area contributed by atoms with Crippen molar-refractivity contribution in [2.75, 3.05) is 38.8 Å². The quantitative estimate of drug-likeness (QED) is 0.222. The number of aliphatic hydroxyl groups excluding tert-OH is 2. The van der Waals surface area contributed by atoms with E-state index in [4.69, 9.17) is 9.47 Å². The Morgan fingerprint density at radius 1 is 1.28 bits per heavy atom. The third kappa shape index (κ3) is 5.99. The Labute approximate surface area is 275 Å². The maximum Gasteiger partial charge on any atom is 0.343 e. The van der Waals surface area contributed by atoms with Crippen LogP contribution in [0.15, 0.2) is 57.7 Å². The van der Waals surface area contributed by atoms with Crippen molar-refractivity contribution in [3.63, 3.8) is 0 Å². The van der Waals surface area contributed by atoms with Crippen molar-refractivity contribution in [1.82, 2.24) is 5.32 Å². The van der Waals surface area contributed by atoms with Gasteiger partial charge in [-0.25, -0.2) is 9.79 Å². The minimum Gasteiger partial charge on any atom is -0.507 e. The first-order valence-electron chi connectivity index (χ1n) is 16.4. The number of anilines is 1. The number of hydrogen-bond donors (Lipinski definition) is 4. The summed E-state index contributed by atoms with van der Waals surface area (Å²) in [6.07, 6.45) is 10.1. The van der Waals surface area contributed by atoms with Crippen LogP contribution in [0.5, 0.6) is 5.75 Å². The summed E-state index contributed by atoms with van der Waals surface area (Å²) in [4.78, 5) is 36.6. The minimum absolute atomic E-state index is 0.0202. The summed E-state index contributed by atoms with van der Waals surface area (Å²) in [7, 11) is 3.78. The molecule has 3 aliphatic heterocycles. The number of epoxide rings is 1. The zero-order valence-electron chi connectivity index (χ0n) is 27.8. The van der Waals surface area contributed by atoms with Gasteiger partial charge < -0.3 is 35.0 Å². The lowest BCUT2D eigenvalue weighted by atomic mass is 9.44. The maximum absolute atomic E-state index is 13.2. The van der Waals surface area contributed by atoms with E-state index in [2.05, 4.69) is 22.2 Å². The second-order valence-electron chi connectivity index (χ2n) is 14.4. The number of aromatic hydroxyl groups is 1. The number of ether oxygens (including phenoxy) is 2. The molecule has 2 saturated carbocycles. The molecule has 1 saturated heterocycles. The number of carbonyl (C=O) groups excluding carboxylic acids is 2. The van der Waals surface area contributed by atoms with Gasteiger partial charge in [-0.2, -0.15) is 0 Å². The maximum atomic E-state index is 13.2.